The molecule has 12 nitrogen and oxygen atoms in total. The molecule has 4 aromatic rings. The van der Waals surface area contributed by atoms with Crippen molar-refractivity contribution < 1.29 is 14.6 Å². The largest absolute Gasteiger partial charge is 0.392 e. The molecule has 3 fully saturated rings. The third kappa shape index (κ3) is 5.15. The number of ether oxygens (including phenoxy) is 1. The van der Waals surface area contributed by atoms with Crippen LogP contribution in [0.25, 0.3) is 11.1 Å². The zero-order chi connectivity index (χ0) is 33.2. The molecule has 0 spiro atoms. The summed E-state index contributed by atoms with van der Waals surface area (Å²) in [6, 6.07) is 11.2. The van der Waals surface area contributed by atoms with E-state index in [-0.39, 0.29) is 18.1 Å². The number of anilines is 4. The second-order valence-electron chi connectivity index (χ2n) is 14.2. The fraction of sp³-hybridized carbons (Fsp3) is 0.459. The van der Waals surface area contributed by atoms with Gasteiger partial charge >= 0.3 is 0 Å². The molecule has 1 aliphatic carbocycles. The predicted molar refractivity (Wildman–Crippen MR) is 187 cm³/mol. The molecule has 8 heterocycles. The average molecular weight is 663 g/mol. The molecule has 5 aliphatic rings. The highest BCUT2D eigenvalue weighted by molar-refractivity contribution is 6.06. The lowest BCUT2D eigenvalue weighted by Crippen LogP contribution is -2.60. The van der Waals surface area contributed by atoms with Gasteiger partial charge in [0.05, 0.1) is 37.7 Å². The van der Waals surface area contributed by atoms with Gasteiger partial charge in [-0.2, -0.15) is 0 Å². The normalized spacial score (nSPS) is 22.2. The third-order valence-corrected chi connectivity index (χ3v) is 11.3. The molecule has 4 aliphatic heterocycles. The number of likely N-dealkylation sites (tertiary alicyclic amines) is 1. The first-order valence-corrected chi connectivity index (χ1v) is 17.6. The second-order valence-corrected chi connectivity index (χ2v) is 14.2. The van der Waals surface area contributed by atoms with E-state index in [4.69, 9.17) is 9.72 Å². The summed E-state index contributed by atoms with van der Waals surface area (Å²) in [6.45, 7) is 4.67. The summed E-state index contributed by atoms with van der Waals surface area (Å²) in [5, 5.41) is 13.9. The number of aliphatic hydroxyl groups excluding tert-OH is 1. The number of carbonyl (C=O) groups excluding carboxylic acids is 1. The van der Waals surface area contributed by atoms with Crippen molar-refractivity contribution in [1.82, 2.24) is 24.0 Å². The number of aryl methyl sites for hydroxylation is 2. The number of pyridine rings is 3. The number of hydrogen-bond acceptors (Lipinski definition) is 9. The molecule has 49 heavy (non-hydrogen) atoms. The minimum absolute atomic E-state index is 0.0970. The van der Waals surface area contributed by atoms with Gasteiger partial charge in [0.1, 0.15) is 23.0 Å². The van der Waals surface area contributed by atoms with Crippen molar-refractivity contribution in [1.29, 1.82) is 0 Å². The highest BCUT2D eigenvalue weighted by Crippen LogP contribution is 2.37. The van der Waals surface area contributed by atoms with E-state index in [1.165, 1.54) is 28.7 Å². The Kier molecular flexibility index (Phi) is 7.55. The van der Waals surface area contributed by atoms with Crippen LogP contribution in [0.15, 0.2) is 53.7 Å². The van der Waals surface area contributed by atoms with Gasteiger partial charge in [0.15, 0.2) is 0 Å². The summed E-state index contributed by atoms with van der Waals surface area (Å²) in [5.74, 6) is 0.935. The van der Waals surface area contributed by atoms with Crippen LogP contribution < -0.4 is 20.7 Å². The number of hydrogen-bond donors (Lipinski definition) is 2. The fourth-order valence-corrected chi connectivity index (χ4v) is 8.77. The van der Waals surface area contributed by atoms with Gasteiger partial charge < -0.3 is 29.2 Å². The van der Waals surface area contributed by atoms with Gasteiger partial charge in [-0.05, 0) is 80.0 Å². The molecule has 2 N–H and O–H groups in total. The Labute approximate surface area is 284 Å². The number of nitrogens with one attached hydrogen (secondary N) is 1. The molecule has 2 atom stereocenters. The van der Waals surface area contributed by atoms with Crippen LogP contribution in [0.5, 0.6) is 0 Å². The first-order valence-electron chi connectivity index (χ1n) is 17.6. The minimum Gasteiger partial charge on any atom is -0.392 e. The summed E-state index contributed by atoms with van der Waals surface area (Å²) in [6.07, 6.45) is 12.0. The maximum atomic E-state index is 13.8. The van der Waals surface area contributed by atoms with E-state index in [1.54, 1.807) is 30.4 Å². The van der Waals surface area contributed by atoms with Gasteiger partial charge in [-0.3, -0.25) is 19.4 Å². The summed E-state index contributed by atoms with van der Waals surface area (Å²) in [5.41, 5.74) is 6.54. The van der Waals surface area contributed by atoms with E-state index in [2.05, 4.69) is 30.7 Å². The average Bonchev–Trinajstić information content (AvgIpc) is 3.60. The van der Waals surface area contributed by atoms with E-state index in [0.717, 1.165) is 63.2 Å². The molecule has 4 aromatic heterocycles. The summed E-state index contributed by atoms with van der Waals surface area (Å²) in [4.78, 5) is 43.3. The van der Waals surface area contributed by atoms with Gasteiger partial charge in [-0.15, -0.1) is 0 Å². The third-order valence-electron chi connectivity index (χ3n) is 11.3. The smallest absolute Gasteiger partial charge is 0.276 e. The van der Waals surface area contributed by atoms with E-state index < -0.39 is 0 Å². The summed E-state index contributed by atoms with van der Waals surface area (Å²) >= 11 is 0. The van der Waals surface area contributed by atoms with Crippen molar-refractivity contribution >= 4 is 28.9 Å². The molecule has 0 aromatic carbocycles. The monoisotopic (exact) mass is 662 g/mol. The summed E-state index contributed by atoms with van der Waals surface area (Å²) < 4.78 is 9.15. The zero-order valence-electron chi connectivity index (χ0n) is 27.8. The highest BCUT2D eigenvalue weighted by Gasteiger charge is 2.43. The zero-order valence-corrected chi connectivity index (χ0v) is 27.8. The SMILES string of the molecule is Cn1cc(-c2ccnc(N3CCn4c(cc5c4CCCC5)C3=O)c2CO)cc(Nc2ccc(N3C4CCC3CN(C3COC3)C4)cn2)c1=O. The Bertz CT molecular complexity index is 1970. The molecular weight excluding hydrogens is 620 g/mol. The van der Waals surface area contributed by atoms with Crippen molar-refractivity contribution in [3.63, 3.8) is 0 Å². The first-order chi connectivity index (χ1) is 24.0. The van der Waals surface area contributed by atoms with E-state index in [1.807, 2.05) is 24.4 Å². The molecule has 2 unspecified atom stereocenters. The number of amides is 1. The molecule has 9 rings (SSSR count). The van der Waals surface area contributed by atoms with Crippen LogP contribution in [-0.2, 0) is 37.8 Å². The number of aromatic nitrogens is 4. The summed E-state index contributed by atoms with van der Waals surface area (Å²) in [7, 11) is 1.71. The Morgan fingerprint density at radius 1 is 0.980 bits per heavy atom. The number of nitrogens with zero attached hydrogens (tertiary/aromatic N) is 7. The molecular formula is C37H42N8O4. The molecule has 2 bridgehead atoms. The Morgan fingerprint density at radius 2 is 1.80 bits per heavy atom. The van der Waals surface area contributed by atoms with Crippen LogP contribution in [0.3, 0.4) is 0 Å². The maximum absolute atomic E-state index is 13.8. The number of rotatable bonds is 7. The van der Waals surface area contributed by atoms with E-state index in [0.29, 0.717) is 65.4 Å². The van der Waals surface area contributed by atoms with Crippen LogP contribution in [0.1, 0.15) is 53.0 Å². The Balaban J connectivity index is 0.972. The molecule has 254 valence electrons. The molecule has 3 saturated heterocycles. The number of aliphatic hydroxyl groups is 1. The van der Waals surface area contributed by atoms with Crippen molar-refractivity contribution in [2.24, 2.45) is 7.05 Å². The maximum Gasteiger partial charge on any atom is 0.276 e. The van der Waals surface area contributed by atoms with Crippen LogP contribution in [0.4, 0.5) is 23.0 Å². The number of piperazine rings is 1. The highest BCUT2D eigenvalue weighted by atomic mass is 16.5. The van der Waals surface area contributed by atoms with E-state index in [9.17, 15) is 14.7 Å². The molecule has 1 amide bonds. The van der Waals surface area contributed by atoms with Gasteiger partial charge in [0.2, 0.25) is 0 Å². The number of fused-ring (bicyclic) bond motifs is 5. The van der Waals surface area contributed by atoms with Gasteiger partial charge in [0, 0.05) is 74.5 Å². The van der Waals surface area contributed by atoms with Crippen LogP contribution in [0.2, 0.25) is 0 Å². The van der Waals surface area contributed by atoms with E-state index >= 15 is 0 Å². The van der Waals surface area contributed by atoms with Crippen molar-refractivity contribution in [3.05, 3.63) is 81.8 Å². The van der Waals surface area contributed by atoms with Crippen molar-refractivity contribution in [2.45, 2.75) is 69.8 Å². The van der Waals surface area contributed by atoms with Crippen LogP contribution in [0, 0.1) is 0 Å². The standard InChI is InChI=1S/C37H42N8O4/c1-41-17-24(29-10-11-38-35(30(29)20-46)44-13-12-43-32-5-3-2-4-23(32)15-33(43)37(44)48)14-31(36(41)47)40-34-9-8-25(16-39-34)45-26-6-7-27(45)19-42(18-26)28-21-49-22-28/h8-11,14-17,26-28,46H,2-7,12-13,18-22H2,1H3,(H,39,40). The lowest BCUT2D eigenvalue weighted by atomic mass is 9.98. The molecule has 12 heteroatoms. The van der Waals surface area contributed by atoms with Gasteiger partial charge in [0.25, 0.3) is 11.5 Å². The van der Waals surface area contributed by atoms with Gasteiger partial charge in [-0.1, -0.05) is 0 Å². The van der Waals surface area contributed by atoms with Crippen LogP contribution >= 0.6 is 0 Å². The van der Waals surface area contributed by atoms with Crippen molar-refractivity contribution in [3.8, 4) is 11.1 Å². The molecule has 0 radical (unpaired) electrons. The quantitative estimate of drug-likeness (QED) is 0.307. The van der Waals surface area contributed by atoms with Crippen LogP contribution in [-0.4, -0.2) is 86.0 Å². The Hall–Kier alpha value is -4.52. The first kappa shape index (κ1) is 30.5. The Morgan fingerprint density at radius 3 is 2.53 bits per heavy atom. The minimum atomic E-state index is -0.306. The number of carbonyl (C=O) groups is 1. The molecule has 0 saturated carbocycles. The topological polar surface area (TPSA) is 121 Å². The lowest BCUT2D eigenvalue weighted by Gasteiger charge is -2.47. The van der Waals surface area contributed by atoms with Gasteiger partial charge in [-0.25, -0.2) is 9.97 Å². The fourth-order valence-electron chi connectivity index (χ4n) is 8.77. The lowest BCUT2D eigenvalue weighted by molar-refractivity contribution is -0.0704. The second kappa shape index (κ2) is 12.1. The van der Waals surface area contributed by atoms with Crippen molar-refractivity contribution in [2.75, 3.05) is 48.0 Å². The predicted octanol–water partition coefficient (Wildman–Crippen LogP) is 3.47.